The predicted octanol–water partition coefficient (Wildman–Crippen LogP) is 5.31. The second-order valence-electron chi connectivity index (χ2n) is 8.64. The predicted molar refractivity (Wildman–Crippen MR) is 122 cm³/mol. The lowest BCUT2D eigenvalue weighted by atomic mass is 9.89. The highest BCUT2D eigenvalue weighted by atomic mass is 16.5. The van der Waals surface area contributed by atoms with Crippen LogP contribution in [0.4, 0.5) is 0 Å². The summed E-state index contributed by atoms with van der Waals surface area (Å²) in [7, 11) is 0. The SMILES string of the molecule is CCC(C)COCNC1=CCC(CC2=CCC(NCOC[C@@H](C)CC)C=C2)C=C1. The van der Waals surface area contributed by atoms with Crippen molar-refractivity contribution in [1.29, 1.82) is 0 Å². The molecule has 3 unspecified atom stereocenters. The van der Waals surface area contributed by atoms with Gasteiger partial charge in [0.1, 0.15) is 6.73 Å². The van der Waals surface area contributed by atoms with E-state index in [-0.39, 0.29) is 0 Å². The lowest BCUT2D eigenvalue weighted by Gasteiger charge is -2.21. The van der Waals surface area contributed by atoms with Gasteiger partial charge >= 0.3 is 0 Å². The van der Waals surface area contributed by atoms with Gasteiger partial charge in [-0.25, -0.2) is 0 Å². The number of nitrogens with one attached hydrogen (secondary N) is 2. The fourth-order valence-corrected chi connectivity index (χ4v) is 3.27. The molecule has 29 heavy (non-hydrogen) atoms. The Hall–Kier alpha value is -1.36. The van der Waals surface area contributed by atoms with E-state index < -0.39 is 0 Å². The van der Waals surface area contributed by atoms with E-state index in [1.807, 2.05) is 0 Å². The third-order valence-electron chi connectivity index (χ3n) is 5.89. The van der Waals surface area contributed by atoms with Gasteiger partial charge in [0.15, 0.2) is 0 Å². The smallest absolute Gasteiger partial charge is 0.116 e. The van der Waals surface area contributed by atoms with Crippen molar-refractivity contribution >= 4 is 0 Å². The lowest BCUT2D eigenvalue weighted by Crippen LogP contribution is -2.30. The van der Waals surface area contributed by atoms with Gasteiger partial charge in [-0.15, -0.1) is 0 Å². The molecule has 2 N–H and O–H groups in total. The molecule has 0 fully saturated rings. The first kappa shape index (κ1) is 23.9. The summed E-state index contributed by atoms with van der Waals surface area (Å²) in [6.07, 6.45) is 19.3. The highest BCUT2D eigenvalue weighted by Crippen LogP contribution is 2.25. The van der Waals surface area contributed by atoms with Crippen LogP contribution in [-0.4, -0.2) is 32.7 Å². The van der Waals surface area contributed by atoms with Gasteiger partial charge in [0.25, 0.3) is 0 Å². The summed E-state index contributed by atoms with van der Waals surface area (Å²) in [5, 5.41) is 6.84. The zero-order valence-corrected chi connectivity index (χ0v) is 19.0. The number of allylic oxidation sites excluding steroid dienone is 5. The molecule has 0 aromatic heterocycles. The van der Waals surface area contributed by atoms with E-state index in [0.717, 1.165) is 38.9 Å². The number of rotatable bonds is 14. The van der Waals surface area contributed by atoms with E-state index >= 15 is 0 Å². The van der Waals surface area contributed by atoms with Crippen LogP contribution in [-0.2, 0) is 9.47 Å². The van der Waals surface area contributed by atoms with Crippen LogP contribution in [0.3, 0.4) is 0 Å². The molecule has 0 amide bonds. The molecule has 0 bridgehead atoms. The molecule has 0 saturated heterocycles. The molecule has 2 aliphatic carbocycles. The number of hydrogen-bond donors (Lipinski definition) is 2. The average molecular weight is 403 g/mol. The molecule has 4 heteroatoms. The maximum Gasteiger partial charge on any atom is 0.116 e. The van der Waals surface area contributed by atoms with Crippen LogP contribution in [0.1, 0.15) is 59.8 Å². The fraction of sp³-hybridized carbons (Fsp3) is 0.680. The minimum Gasteiger partial charge on any atom is -0.366 e. The summed E-state index contributed by atoms with van der Waals surface area (Å²) >= 11 is 0. The molecule has 0 radical (unpaired) electrons. The van der Waals surface area contributed by atoms with Crippen molar-refractivity contribution in [1.82, 2.24) is 10.6 Å². The van der Waals surface area contributed by atoms with Gasteiger partial charge in [0.05, 0.1) is 19.9 Å². The standard InChI is InChI=1S/C25H42N2O2/c1-5-20(3)16-28-18-26-24-11-7-22(8-12-24)15-23-9-13-25(14-10-23)27-19-29-17-21(4)6-2/h7-9,11,13-14,20-21,23-24,26-27H,5-6,10,12,15-19H2,1-4H3/t20-,21?,23?,24?/m0/s1. The van der Waals surface area contributed by atoms with Gasteiger partial charge in [-0.05, 0) is 43.1 Å². The third-order valence-corrected chi connectivity index (χ3v) is 5.89. The van der Waals surface area contributed by atoms with Crippen LogP contribution in [0.25, 0.3) is 0 Å². The lowest BCUT2D eigenvalue weighted by molar-refractivity contribution is 0.0849. The maximum atomic E-state index is 5.70. The number of hydrogen-bond acceptors (Lipinski definition) is 4. The van der Waals surface area contributed by atoms with Gasteiger partial charge in [0.2, 0.25) is 0 Å². The summed E-state index contributed by atoms with van der Waals surface area (Å²) in [6, 6.07) is 0.392. The highest BCUT2D eigenvalue weighted by molar-refractivity contribution is 5.29. The van der Waals surface area contributed by atoms with Crippen molar-refractivity contribution in [3.05, 3.63) is 47.7 Å². The first-order valence-electron chi connectivity index (χ1n) is 11.5. The van der Waals surface area contributed by atoms with Crippen molar-refractivity contribution in [2.75, 3.05) is 26.7 Å². The van der Waals surface area contributed by atoms with Gasteiger partial charge in [-0.1, -0.05) is 76.5 Å². The third kappa shape index (κ3) is 9.79. The van der Waals surface area contributed by atoms with Crippen LogP contribution in [0.5, 0.6) is 0 Å². The zero-order chi connectivity index (χ0) is 20.9. The molecule has 2 rings (SSSR count). The van der Waals surface area contributed by atoms with Crippen LogP contribution in [0.2, 0.25) is 0 Å². The van der Waals surface area contributed by atoms with E-state index in [0.29, 0.717) is 37.3 Å². The second kappa shape index (κ2) is 13.8. The van der Waals surface area contributed by atoms with Crippen molar-refractivity contribution in [3.8, 4) is 0 Å². The fourth-order valence-electron chi connectivity index (χ4n) is 3.27. The van der Waals surface area contributed by atoms with E-state index in [1.165, 1.54) is 17.7 Å². The molecule has 0 saturated carbocycles. The topological polar surface area (TPSA) is 42.5 Å². The number of ether oxygens (including phenoxy) is 2. The van der Waals surface area contributed by atoms with Gasteiger partial charge in [-0.3, -0.25) is 5.32 Å². The molecule has 0 aromatic carbocycles. The Kier molecular flexibility index (Phi) is 11.4. The van der Waals surface area contributed by atoms with Crippen molar-refractivity contribution in [2.24, 2.45) is 17.8 Å². The first-order chi connectivity index (χ1) is 14.1. The van der Waals surface area contributed by atoms with Crippen LogP contribution < -0.4 is 10.6 Å². The Morgan fingerprint density at radius 1 is 0.931 bits per heavy atom. The second-order valence-corrected chi connectivity index (χ2v) is 8.64. The molecule has 4 nitrogen and oxygen atoms in total. The summed E-state index contributed by atoms with van der Waals surface area (Å²) in [5.41, 5.74) is 2.63. The molecule has 0 heterocycles. The Bertz CT molecular complexity index is 579. The summed E-state index contributed by atoms with van der Waals surface area (Å²) < 4.78 is 11.4. The highest BCUT2D eigenvalue weighted by Gasteiger charge is 2.13. The zero-order valence-electron chi connectivity index (χ0n) is 19.0. The Morgan fingerprint density at radius 3 is 2.24 bits per heavy atom. The average Bonchev–Trinajstić information content (AvgIpc) is 2.76. The van der Waals surface area contributed by atoms with Crippen LogP contribution in [0, 0.1) is 17.8 Å². The summed E-state index contributed by atoms with van der Waals surface area (Å²) in [5.74, 6) is 1.85. The normalized spacial score (nSPS) is 23.4. The van der Waals surface area contributed by atoms with E-state index in [4.69, 9.17) is 9.47 Å². The Balaban J connectivity index is 1.59. The first-order valence-corrected chi connectivity index (χ1v) is 11.5. The van der Waals surface area contributed by atoms with E-state index in [9.17, 15) is 0 Å². The van der Waals surface area contributed by atoms with Gasteiger partial charge in [-0.2, -0.15) is 0 Å². The maximum absolute atomic E-state index is 5.70. The molecular weight excluding hydrogens is 360 g/mol. The van der Waals surface area contributed by atoms with Crippen molar-refractivity contribution in [3.63, 3.8) is 0 Å². The largest absolute Gasteiger partial charge is 0.366 e. The monoisotopic (exact) mass is 402 g/mol. The molecule has 164 valence electrons. The molecule has 0 spiro atoms. The van der Waals surface area contributed by atoms with E-state index in [2.05, 4.69) is 74.8 Å². The van der Waals surface area contributed by atoms with E-state index in [1.54, 1.807) is 0 Å². The molecule has 2 aliphatic rings. The Morgan fingerprint density at radius 2 is 1.66 bits per heavy atom. The molecule has 4 atom stereocenters. The quantitative estimate of drug-likeness (QED) is 0.305. The molecule has 0 aromatic rings. The van der Waals surface area contributed by atoms with Gasteiger partial charge in [0, 0.05) is 11.7 Å². The minimum atomic E-state index is 0.392. The Labute approximate surface area is 178 Å². The molecular formula is C25H42N2O2. The molecule has 0 aliphatic heterocycles. The summed E-state index contributed by atoms with van der Waals surface area (Å²) in [4.78, 5) is 0. The van der Waals surface area contributed by atoms with Crippen molar-refractivity contribution in [2.45, 2.75) is 65.8 Å². The van der Waals surface area contributed by atoms with Crippen LogP contribution >= 0.6 is 0 Å². The summed E-state index contributed by atoms with van der Waals surface area (Å²) in [6.45, 7) is 11.7. The van der Waals surface area contributed by atoms with Gasteiger partial charge < -0.3 is 14.8 Å². The van der Waals surface area contributed by atoms with Crippen molar-refractivity contribution < 1.29 is 9.47 Å². The van der Waals surface area contributed by atoms with Crippen LogP contribution in [0.15, 0.2) is 47.7 Å². The minimum absolute atomic E-state index is 0.392.